The van der Waals surface area contributed by atoms with Crippen LogP contribution in [0.25, 0.3) is 0 Å². The monoisotopic (exact) mass is 417 g/mol. The number of sulfonamides is 1. The van der Waals surface area contributed by atoms with Crippen LogP contribution in [-0.4, -0.2) is 18.6 Å². The van der Waals surface area contributed by atoms with E-state index in [2.05, 4.69) is 0 Å². The van der Waals surface area contributed by atoms with Crippen molar-refractivity contribution >= 4 is 15.9 Å². The number of rotatable bonds is 5. The number of hydrogen-bond donors (Lipinski definition) is 0. The van der Waals surface area contributed by atoms with Crippen molar-refractivity contribution in [1.82, 2.24) is 4.31 Å². The van der Waals surface area contributed by atoms with Gasteiger partial charge in [-0.15, -0.1) is 0 Å². The van der Waals surface area contributed by atoms with Gasteiger partial charge in [0.1, 0.15) is 0 Å². The zero-order valence-corrected chi connectivity index (χ0v) is 17.5. The Hall–Kier alpha value is -3.18. The van der Waals surface area contributed by atoms with Crippen LogP contribution in [0.3, 0.4) is 0 Å². The normalized spacial score (nSPS) is 17.0. The Morgan fingerprint density at radius 3 is 2.10 bits per heavy atom. The summed E-state index contributed by atoms with van der Waals surface area (Å²) in [6.45, 7) is 1.89. The van der Waals surface area contributed by atoms with Gasteiger partial charge in [0.25, 0.3) is 10.0 Å². The predicted molar refractivity (Wildman–Crippen MR) is 117 cm³/mol. The summed E-state index contributed by atoms with van der Waals surface area (Å²) in [6, 6.07) is 26.3. The molecule has 0 N–H and O–H groups in total. The Labute approximate surface area is 177 Å². The second kappa shape index (κ2) is 8.28. The molecular formula is C25H23NO3S. The van der Waals surface area contributed by atoms with Gasteiger partial charge in [-0.25, -0.2) is 12.7 Å². The molecule has 4 nitrogen and oxygen atoms in total. The molecule has 0 aromatic heterocycles. The van der Waals surface area contributed by atoms with E-state index in [0.717, 1.165) is 26.6 Å². The summed E-state index contributed by atoms with van der Waals surface area (Å²) in [4.78, 5) is 13.1. The highest BCUT2D eigenvalue weighted by Gasteiger charge is 2.35. The quantitative estimate of drug-likeness (QED) is 0.598. The van der Waals surface area contributed by atoms with Crippen molar-refractivity contribution in [2.24, 2.45) is 0 Å². The van der Waals surface area contributed by atoms with Gasteiger partial charge >= 0.3 is 0 Å². The van der Waals surface area contributed by atoms with Gasteiger partial charge in [-0.1, -0.05) is 78.4 Å². The average Bonchev–Trinajstić information content (AvgIpc) is 2.76. The smallest absolute Gasteiger partial charge is 0.270 e. The average molecular weight is 418 g/mol. The minimum atomic E-state index is -3.95. The fraction of sp³-hybridized carbons (Fsp3) is 0.160. The van der Waals surface area contributed by atoms with Crippen LogP contribution in [0.5, 0.6) is 0 Å². The number of carbonyl (C=O) groups excluding carboxylic acids is 1. The molecule has 30 heavy (non-hydrogen) atoms. The maximum absolute atomic E-state index is 13.2. The maximum atomic E-state index is 13.2. The first-order chi connectivity index (χ1) is 14.4. The van der Waals surface area contributed by atoms with Crippen LogP contribution in [0.1, 0.15) is 29.0 Å². The van der Waals surface area contributed by atoms with E-state index in [-0.39, 0.29) is 17.2 Å². The number of benzene rings is 3. The van der Waals surface area contributed by atoms with Crippen molar-refractivity contribution in [3.05, 3.63) is 113 Å². The van der Waals surface area contributed by atoms with Gasteiger partial charge in [0, 0.05) is 18.5 Å². The molecule has 1 aliphatic rings. The fourth-order valence-corrected chi connectivity index (χ4v) is 5.08. The first-order valence-electron chi connectivity index (χ1n) is 9.88. The number of carbonyl (C=O) groups is 1. The number of aryl methyl sites for hydroxylation is 1. The molecule has 1 atom stereocenters. The van der Waals surface area contributed by atoms with Crippen LogP contribution in [0.4, 0.5) is 0 Å². The third kappa shape index (κ3) is 4.07. The summed E-state index contributed by atoms with van der Waals surface area (Å²) in [6.07, 6.45) is 2.23. The first-order valence-corrected chi connectivity index (χ1v) is 11.3. The molecule has 0 fully saturated rings. The molecule has 0 radical (unpaired) electrons. The molecular weight excluding hydrogens is 394 g/mol. The summed E-state index contributed by atoms with van der Waals surface area (Å²) in [5, 5.41) is 0. The van der Waals surface area contributed by atoms with Gasteiger partial charge in [-0.2, -0.15) is 0 Å². The van der Waals surface area contributed by atoms with Crippen molar-refractivity contribution in [3.63, 3.8) is 0 Å². The van der Waals surface area contributed by atoms with E-state index >= 15 is 0 Å². The Balaban J connectivity index is 1.77. The van der Waals surface area contributed by atoms with Crippen molar-refractivity contribution < 1.29 is 13.2 Å². The van der Waals surface area contributed by atoms with Crippen LogP contribution >= 0.6 is 0 Å². The van der Waals surface area contributed by atoms with E-state index in [9.17, 15) is 13.2 Å². The highest BCUT2D eigenvalue weighted by atomic mass is 32.2. The van der Waals surface area contributed by atoms with Gasteiger partial charge in [0.15, 0.2) is 0 Å². The van der Waals surface area contributed by atoms with Crippen LogP contribution in [0.2, 0.25) is 0 Å². The lowest BCUT2D eigenvalue weighted by Crippen LogP contribution is -2.37. The number of nitrogens with zero attached hydrogens (tertiary/aromatic N) is 1. The second-order valence-electron chi connectivity index (χ2n) is 7.54. The first kappa shape index (κ1) is 20.1. The molecule has 0 bridgehead atoms. The Morgan fingerprint density at radius 2 is 1.47 bits per heavy atom. The van der Waals surface area contributed by atoms with Crippen molar-refractivity contribution in [1.29, 1.82) is 0 Å². The zero-order valence-electron chi connectivity index (χ0n) is 16.7. The van der Waals surface area contributed by atoms with Crippen LogP contribution < -0.4 is 0 Å². The largest absolute Gasteiger partial charge is 0.273 e. The molecule has 3 aromatic rings. The topological polar surface area (TPSA) is 54.5 Å². The number of allylic oxidation sites excluding steroid dienone is 1. The highest BCUT2D eigenvalue weighted by molar-refractivity contribution is 7.89. The SMILES string of the molecule is Cc1ccc(S(=O)(=O)N2C=C(Cc3ccccc3)[C@@H](c3ccccc3)CC2=O)cc1. The lowest BCUT2D eigenvalue weighted by Gasteiger charge is -2.31. The maximum Gasteiger partial charge on any atom is 0.270 e. The summed E-state index contributed by atoms with van der Waals surface area (Å²) in [5.74, 6) is -0.565. The Morgan fingerprint density at radius 1 is 0.867 bits per heavy atom. The van der Waals surface area contributed by atoms with Crippen molar-refractivity contribution in [2.45, 2.75) is 30.6 Å². The number of hydrogen-bond acceptors (Lipinski definition) is 3. The third-order valence-corrected chi connectivity index (χ3v) is 7.08. The van der Waals surface area contributed by atoms with Gasteiger partial charge in [-0.05, 0) is 42.2 Å². The van der Waals surface area contributed by atoms with Crippen LogP contribution in [-0.2, 0) is 21.2 Å². The van der Waals surface area contributed by atoms with Gasteiger partial charge in [0.05, 0.1) is 4.90 Å². The second-order valence-corrected chi connectivity index (χ2v) is 9.36. The van der Waals surface area contributed by atoms with Gasteiger partial charge < -0.3 is 0 Å². The minimum Gasteiger partial charge on any atom is -0.273 e. The molecule has 1 heterocycles. The lowest BCUT2D eigenvalue weighted by atomic mass is 9.83. The molecule has 0 saturated heterocycles. The summed E-state index contributed by atoms with van der Waals surface area (Å²) >= 11 is 0. The lowest BCUT2D eigenvalue weighted by molar-refractivity contribution is -0.125. The minimum absolute atomic E-state index is 0.119. The summed E-state index contributed by atoms with van der Waals surface area (Å²) < 4.78 is 27.3. The van der Waals surface area contributed by atoms with E-state index < -0.39 is 15.9 Å². The van der Waals surface area contributed by atoms with Crippen molar-refractivity contribution in [3.8, 4) is 0 Å². The zero-order chi connectivity index (χ0) is 21.1. The summed E-state index contributed by atoms with van der Waals surface area (Å²) in [5.41, 5.74) is 3.96. The molecule has 1 amide bonds. The van der Waals surface area contributed by atoms with Gasteiger partial charge in [-0.3, -0.25) is 4.79 Å². The standard InChI is InChI=1S/C25H23NO3S/c1-19-12-14-23(15-13-19)30(28,29)26-18-22(16-20-8-4-2-5-9-20)24(17-25(26)27)21-10-6-3-7-11-21/h2-15,18,24H,16-17H2,1H3/t24-/m1/s1. The van der Waals surface area contributed by atoms with E-state index in [1.807, 2.05) is 67.6 Å². The molecule has 1 aliphatic heterocycles. The Bertz CT molecular complexity index is 1170. The van der Waals surface area contributed by atoms with Gasteiger partial charge in [0.2, 0.25) is 5.91 Å². The predicted octanol–water partition coefficient (Wildman–Crippen LogP) is 4.83. The Kier molecular flexibility index (Phi) is 5.55. The summed E-state index contributed by atoms with van der Waals surface area (Å²) in [7, 11) is -3.95. The molecule has 0 aliphatic carbocycles. The van der Waals surface area contributed by atoms with Crippen molar-refractivity contribution in [2.75, 3.05) is 0 Å². The molecule has 0 saturated carbocycles. The van der Waals surface area contributed by atoms with E-state index in [4.69, 9.17) is 0 Å². The highest BCUT2D eigenvalue weighted by Crippen LogP contribution is 2.36. The molecule has 0 spiro atoms. The molecule has 3 aromatic carbocycles. The van der Waals surface area contributed by atoms with E-state index in [1.165, 1.54) is 6.20 Å². The van der Waals surface area contributed by atoms with E-state index in [1.54, 1.807) is 24.3 Å². The molecule has 152 valence electrons. The van der Waals surface area contributed by atoms with E-state index in [0.29, 0.717) is 6.42 Å². The number of amides is 1. The fourth-order valence-electron chi connectivity index (χ4n) is 3.75. The molecule has 5 heteroatoms. The third-order valence-electron chi connectivity index (χ3n) is 5.39. The molecule has 0 unspecified atom stereocenters. The van der Waals surface area contributed by atoms with Crippen LogP contribution in [0.15, 0.2) is 102 Å². The molecule has 4 rings (SSSR count). The van der Waals surface area contributed by atoms with Crippen LogP contribution in [0, 0.1) is 6.92 Å².